The summed E-state index contributed by atoms with van der Waals surface area (Å²) in [5.41, 5.74) is 1.52. The van der Waals surface area contributed by atoms with Crippen molar-refractivity contribution in [2.24, 2.45) is 0 Å². The minimum absolute atomic E-state index is 0.245. The van der Waals surface area contributed by atoms with E-state index in [0.29, 0.717) is 18.0 Å². The third-order valence-electron chi connectivity index (χ3n) is 3.25. The van der Waals surface area contributed by atoms with Crippen molar-refractivity contribution in [1.82, 2.24) is 4.90 Å². The van der Waals surface area contributed by atoms with E-state index in [1.54, 1.807) is 48.5 Å². The Labute approximate surface area is 137 Å². The summed E-state index contributed by atoms with van der Waals surface area (Å²) in [5, 5.41) is 0. The Hall–Kier alpha value is -2.05. The molecule has 0 saturated heterocycles. The number of rotatable bonds is 7. The Morgan fingerprint density at radius 2 is 1.61 bits per heavy atom. The van der Waals surface area contributed by atoms with Crippen molar-refractivity contribution >= 4 is 15.7 Å². The molecule has 0 aliphatic heterocycles. The maximum absolute atomic E-state index is 12.3. The highest BCUT2D eigenvalue weighted by Crippen LogP contribution is 2.19. The molecular formula is C17H22N2O3S. The van der Waals surface area contributed by atoms with Crippen LogP contribution >= 0.6 is 0 Å². The van der Waals surface area contributed by atoms with Gasteiger partial charge in [-0.2, -0.15) is 0 Å². The first-order chi connectivity index (χ1) is 10.9. The summed E-state index contributed by atoms with van der Waals surface area (Å²) >= 11 is 0. The van der Waals surface area contributed by atoms with Crippen molar-refractivity contribution in [3.05, 3.63) is 54.1 Å². The van der Waals surface area contributed by atoms with E-state index in [2.05, 4.69) is 4.72 Å². The van der Waals surface area contributed by atoms with E-state index in [9.17, 15) is 8.42 Å². The summed E-state index contributed by atoms with van der Waals surface area (Å²) < 4.78 is 32.7. The Kier molecular flexibility index (Phi) is 5.63. The molecule has 0 aromatic heterocycles. The summed E-state index contributed by atoms with van der Waals surface area (Å²) in [7, 11) is 0.388. The molecule has 5 nitrogen and oxygen atoms in total. The summed E-state index contributed by atoms with van der Waals surface area (Å²) in [4.78, 5) is 2.28. The number of benzene rings is 2. The molecule has 0 radical (unpaired) electrons. The first-order valence-corrected chi connectivity index (χ1v) is 8.82. The first-order valence-electron chi connectivity index (χ1n) is 7.34. The van der Waals surface area contributed by atoms with Crippen molar-refractivity contribution in [1.29, 1.82) is 0 Å². The Morgan fingerprint density at radius 1 is 1.00 bits per heavy atom. The molecule has 0 heterocycles. The molecule has 2 aromatic carbocycles. The maximum atomic E-state index is 12.3. The predicted molar refractivity (Wildman–Crippen MR) is 92.5 cm³/mol. The lowest BCUT2D eigenvalue weighted by atomic mass is 10.2. The van der Waals surface area contributed by atoms with Crippen LogP contribution in [0.5, 0.6) is 5.75 Å². The lowest BCUT2D eigenvalue weighted by Gasteiger charge is -2.12. The van der Waals surface area contributed by atoms with Gasteiger partial charge in [0.25, 0.3) is 10.0 Å². The van der Waals surface area contributed by atoms with Crippen molar-refractivity contribution in [3.63, 3.8) is 0 Å². The number of hydrogen-bond acceptors (Lipinski definition) is 4. The van der Waals surface area contributed by atoms with E-state index in [1.807, 2.05) is 25.9 Å². The van der Waals surface area contributed by atoms with Crippen LogP contribution in [0.2, 0.25) is 0 Å². The second-order valence-corrected chi connectivity index (χ2v) is 7.28. The first kappa shape index (κ1) is 17.3. The molecule has 0 atom stereocenters. The predicted octanol–water partition coefficient (Wildman–Crippen LogP) is 2.74. The zero-order chi connectivity index (χ0) is 16.9. The zero-order valence-electron chi connectivity index (χ0n) is 13.6. The number of aryl methyl sites for hydroxylation is 1. The number of likely N-dealkylation sites (N-methyl/N-ethyl adjacent to an activating group) is 1. The van der Waals surface area contributed by atoms with Crippen LogP contribution in [0.4, 0.5) is 5.69 Å². The van der Waals surface area contributed by atoms with Gasteiger partial charge in [-0.05, 0) is 57.4 Å². The number of nitrogens with zero attached hydrogens (tertiary/aromatic N) is 1. The monoisotopic (exact) mass is 334 g/mol. The van der Waals surface area contributed by atoms with Crippen LogP contribution in [0.1, 0.15) is 5.56 Å². The van der Waals surface area contributed by atoms with Gasteiger partial charge in [0.2, 0.25) is 0 Å². The minimum Gasteiger partial charge on any atom is -0.492 e. The third-order valence-corrected chi connectivity index (χ3v) is 4.64. The molecule has 0 spiro atoms. The van der Waals surface area contributed by atoms with Gasteiger partial charge in [0.15, 0.2) is 0 Å². The molecule has 23 heavy (non-hydrogen) atoms. The van der Waals surface area contributed by atoms with E-state index >= 15 is 0 Å². The number of sulfonamides is 1. The Balaban J connectivity index is 2.01. The molecule has 6 heteroatoms. The number of nitrogens with one attached hydrogen (secondary N) is 1. The smallest absolute Gasteiger partial charge is 0.261 e. The standard InChI is InChI=1S/C17H22N2O3S/c1-14-4-10-17(11-5-14)23(20,21)18-15-6-8-16(9-7-15)22-13-12-19(2)3/h4-11,18H,12-13H2,1-3H3. The second kappa shape index (κ2) is 7.48. The molecule has 0 amide bonds. The molecule has 2 aromatic rings. The van der Waals surface area contributed by atoms with E-state index in [4.69, 9.17) is 4.74 Å². The lowest BCUT2D eigenvalue weighted by molar-refractivity contribution is 0.261. The molecule has 0 unspecified atom stereocenters. The molecule has 0 aliphatic rings. The van der Waals surface area contributed by atoms with E-state index in [-0.39, 0.29) is 4.90 Å². The summed E-state index contributed by atoms with van der Waals surface area (Å²) in [6.45, 7) is 3.32. The highest BCUT2D eigenvalue weighted by atomic mass is 32.2. The fourth-order valence-corrected chi connectivity index (χ4v) is 2.96. The van der Waals surface area contributed by atoms with Gasteiger partial charge in [-0.3, -0.25) is 4.72 Å². The molecule has 0 aliphatic carbocycles. The van der Waals surface area contributed by atoms with Crippen LogP contribution in [0, 0.1) is 6.92 Å². The van der Waals surface area contributed by atoms with Gasteiger partial charge in [-0.25, -0.2) is 8.42 Å². The molecule has 0 bridgehead atoms. The molecule has 0 fully saturated rings. The highest BCUT2D eigenvalue weighted by molar-refractivity contribution is 7.92. The van der Waals surface area contributed by atoms with Crippen LogP contribution in [0.3, 0.4) is 0 Å². The summed E-state index contributed by atoms with van der Waals surface area (Å²) in [6.07, 6.45) is 0. The van der Waals surface area contributed by atoms with E-state index in [0.717, 1.165) is 12.1 Å². The third kappa shape index (κ3) is 5.26. The van der Waals surface area contributed by atoms with E-state index < -0.39 is 10.0 Å². The molecular weight excluding hydrogens is 312 g/mol. The van der Waals surface area contributed by atoms with Crippen LogP contribution in [0.15, 0.2) is 53.4 Å². The molecule has 1 N–H and O–H groups in total. The Morgan fingerprint density at radius 3 is 2.17 bits per heavy atom. The van der Waals surface area contributed by atoms with E-state index in [1.165, 1.54) is 0 Å². The second-order valence-electron chi connectivity index (χ2n) is 5.59. The highest BCUT2D eigenvalue weighted by Gasteiger charge is 2.13. The van der Waals surface area contributed by atoms with Gasteiger partial charge in [0.1, 0.15) is 12.4 Å². The van der Waals surface area contributed by atoms with Crippen LogP contribution < -0.4 is 9.46 Å². The minimum atomic E-state index is -3.57. The largest absolute Gasteiger partial charge is 0.492 e. The molecule has 0 saturated carbocycles. The number of anilines is 1. The summed E-state index contributed by atoms with van der Waals surface area (Å²) in [5.74, 6) is 0.713. The quantitative estimate of drug-likeness (QED) is 0.846. The topological polar surface area (TPSA) is 58.6 Å². The van der Waals surface area contributed by atoms with Crippen molar-refractivity contribution < 1.29 is 13.2 Å². The van der Waals surface area contributed by atoms with Gasteiger partial charge in [-0.15, -0.1) is 0 Å². The van der Waals surface area contributed by atoms with Crippen molar-refractivity contribution in [3.8, 4) is 5.75 Å². The van der Waals surface area contributed by atoms with Crippen LogP contribution in [0.25, 0.3) is 0 Å². The average Bonchev–Trinajstić information content (AvgIpc) is 2.49. The Bertz CT molecular complexity index is 723. The summed E-state index contributed by atoms with van der Waals surface area (Å²) in [6, 6.07) is 13.6. The van der Waals surface area contributed by atoms with Gasteiger partial charge in [-0.1, -0.05) is 17.7 Å². The average molecular weight is 334 g/mol. The van der Waals surface area contributed by atoms with Crippen molar-refractivity contribution in [2.75, 3.05) is 32.0 Å². The molecule has 124 valence electrons. The lowest BCUT2D eigenvalue weighted by Crippen LogP contribution is -2.19. The fraction of sp³-hybridized carbons (Fsp3) is 0.294. The number of ether oxygens (including phenoxy) is 1. The zero-order valence-corrected chi connectivity index (χ0v) is 14.4. The molecule has 2 rings (SSSR count). The van der Waals surface area contributed by atoms with Gasteiger partial charge >= 0.3 is 0 Å². The SMILES string of the molecule is Cc1ccc(S(=O)(=O)Nc2ccc(OCCN(C)C)cc2)cc1. The fourth-order valence-electron chi connectivity index (χ4n) is 1.90. The van der Waals surface area contributed by atoms with Crippen LogP contribution in [-0.4, -0.2) is 40.6 Å². The maximum Gasteiger partial charge on any atom is 0.261 e. The normalized spacial score (nSPS) is 11.5. The van der Waals surface area contributed by atoms with Gasteiger partial charge in [0, 0.05) is 12.2 Å². The van der Waals surface area contributed by atoms with Crippen molar-refractivity contribution in [2.45, 2.75) is 11.8 Å². The van der Waals surface area contributed by atoms with Gasteiger partial charge in [0.05, 0.1) is 4.90 Å². The van der Waals surface area contributed by atoms with Crippen LogP contribution in [-0.2, 0) is 10.0 Å². The number of hydrogen-bond donors (Lipinski definition) is 1. The van der Waals surface area contributed by atoms with Gasteiger partial charge < -0.3 is 9.64 Å².